The summed E-state index contributed by atoms with van der Waals surface area (Å²) in [5.41, 5.74) is 1.05. The fourth-order valence-corrected chi connectivity index (χ4v) is 4.54. The van der Waals surface area contributed by atoms with E-state index in [2.05, 4.69) is 21.9 Å². The van der Waals surface area contributed by atoms with Crippen LogP contribution in [0.1, 0.15) is 11.1 Å². The number of imide groups is 1. The molecule has 0 N–H and O–H groups in total. The van der Waals surface area contributed by atoms with Crippen molar-refractivity contribution in [1.82, 2.24) is 4.90 Å². The van der Waals surface area contributed by atoms with Crippen LogP contribution in [0.5, 0.6) is 11.5 Å². The number of carbonyl (C=O) groups is 2. The number of terminal acetylenes is 1. The molecular formula is C21H14BrCl2NO4S. The predicted octanol–water partition coefficient (Wildman–Crippen LogP) is 6.01. The molecule has 2 aromatic carbocycles. The maximum absolute atomic E-state index is 12.9. The quantitative estimate of drug-likeness (QED) is 0.340. The van der Waals surface area contributed by atoms with E-state index in [4.69, 9.17) is 39.1 Å². The Balaban J connectivity index is 1.96. The maximum atomic E-state index is 12.9. The zero-order valence-corrected chi connectivity index (χ0v) is 19.5. The van der Waals surface area contributed by atoms with Crippen LogP contribution in [0.4, 0.5) is 4.79 Å². The van der Waals surface area contributed by atoms with E-state index in [-0.39, 0.29) is 18.1 Å². The number of halogens is 3. The lowest BCUT2D eigenvalue weighted by Gasteiger charge is -2.15. The van der Waals surface area contributed by atoms with Crippen molar-refractivity contribution in [2.24, 2.45) is 0 Å². The average Bonchev–Trinajstić information content (AvgIpc) is 2.96. The monoisotopic (exact) mass is 525 g/mol. The highest BCUT2D eigenvalue weighted by Crippen LogP contribution is 2.40. The molecule has 0 aromatic heterocycles. The minimum Gasteiger partial charge on any atom is -0.493 e. The van der Waals surface area contributed by atoms with E-state index in [1.165, 1.54) is 7.11 Å². The van der Waals surface area contributed by atoms with Gasteiger partial charge in [-0.1, -0.05) is 51.1 Å². The summed E-state index contributed by atoms with van der Waals surface area (Å²) < 4.78 is 11.7. The van der Waals surface area contributed by atoms with Gasteiger partial charge in [-0.25, -0.2) is 0 Å². The lowest BCUT2D eigenvalue weighted by molar-refractivity contribution is -0.123. The first kappa shape index (κ1) is 22.6. The molecule has 1 heterocycles. The van der Waals surface area contributed by atoms with Gasteiger partial charge in [0, 0.05) is 25.6 Å². The first-order valence-corrected chi connectivity index (χ1v) is 10.8. The minimum absolute atomic E-state index is 0.0192. The van der Waals surface area contributed by atoms with Crippen LogP contribution in [0.15, 0.2) is 39.7 Å². The normalized spacial score (nSPS) is 14.9. The Morgan fingerprint density at radius 3 is 2.60 bits per heavy atom. The van der Waals surface area contributed by atoms with Crippen LogP contribution >= 0.6 is 50.9 Å². The molecule has 1 fully saturated rings. The molecule has 9 heteroatoms. The summed E-state index contributed by atoms with van der Waals surface area (Å²) in [5, 5.41) is 0.342. The van der Waals surface area contributed by atoms with Gasteiger partial charge < -0.3 is 9.47 Å². The van der Waals surface area contributed by atoms with E-state index >= 15 is 0 Å². The predicted molar refractivity (Wildman–Crippen MR) is 123 cm³/mol. The van der Waals surface area contributed by atoms with Gasteiger partial charge in [-0.3, -0.25) is 14.5 Å². The number of methoxy groups -OCH3 is 1. The summed E-state index contributed by atoms with van der Waals surface area (Å²) in [6.07, 6.45) is 6.86. The number of benzene rings is 2. The smallest absolute Gasteiger partial charge is 0.293 e. The van der Waals surface area contributed by atoms with Crippen LogP contribution < -0.4 is 9.47 Å². The minimum atomic E-state index is -0.456. The van der Waals surface area contributed by atoms with E-state index in [0.717, 1.165) is 16.7 Å². The Hall–Kier alpha value is -2.11. The van der Waals surface area contributed by atoms with Gasteiger partial charge in [0.05, 0.1) is 18.6 Å². The van der Waals surface area contributed by atoms with Crippen molar-refractivity contribution in [3.63, 3.8) is 0 Å². The Labute approximate surface area is 196 Å². The standard InChI is InChI=1S/C21H14BrCl2NO4S/c1-3-7-29-19-12(8-13(22)10-17(19)28-2)9-18-20(26)25(21(27)30-18)11-14-15(23)5-4-6-16(14)24/h1,4-6,8-10H,7,11H2,2H3/b18-9+. The summed E-state index contributed by atoms with van der Waals surface area (Å²) in [6.45, 7) is -0.00587. The maximum Gasteiger partial charge on any atom is 0.293 e. The number of hydrogen-bond donors (Lipinski definition) is 0. The Bertz CT molecular complexity index is 1080. The van der Waals surface area contributed by atoms with Crippen molar-refractivity contribution in [3.8, 4) is 23.8 Å². The Morgan fingerprint density at radius 1 is 1.27 bits per heavy atom. The van der Waals surface area contributed by atoms with Gasteiger partial charge in [-0.2, -0.15) is 0 Å². The highest BCUT2D eigenvalue weighted by Gasteiger charge is 2.36. The lowest BCUT2D eigenvalue weighted by atomic mass is 10.1. The van der Waals surface area contributed by atoms with Crippen LogP contribution in [-0.2, 0) is 11.3 Å². The van der Waals surface area contributed by atoms with Crippen molar-refractivity contribution in [3.05, 3.63) is 60.9 Å². The molecular weight excluding hydrogens is 513 g/mol. The number of nitrogens with zero attached hydrogens (tertiary/aromatic N) is 1. The number of carbonyl (C=O) groups excluding carboxylic acids is 2. The Kier molecular flexibility index (Phi) is 7.37. The van der Waals surface area contributed by atoms with Crippen molar-refractivity contribution in [1.29, 1.82) is 0 Å². The van der Waals surface area contributed by atoms with E-state index in [1.807, 2.05) is 0 Å². The van der Waals surface area contributed by atoms with Gasteiger partial charge >= 0.3 is 0 Å². The van der Waals surface area contributed by atoms with Crippen LogP contribution in [0.25, 0.3) is 6.08 Å². The van der Waals surface area contributed by atoms with Crippen LogP contribution in [0, 0.1) is 12.3 Å². The number of amides is 2. The van der Waals surface area contributed by atoms with Crippen LogP contribution in [-0.4, -0.2) is 29.8 Å². The molecule has 154 valence electrons. The molecule has 0 spiro atoms. The molecule has 2 aromatic rings. The molecule has 5 nitrogen and oxygen atoms in total. The third kappa shape index (κ3) is 4.79. The van der Waals surface area contributed by atoms with E-state index in [0.29, 0.717) is 37.1 Å². The lowest BCUT2D eigenvalue weighted by Crippen LogP contribution is -2.27. The second-order valence-corrected chi connectivity index (χ2v) is 8.71. The zero-order chi connectivity index (χ0) is 21.8. The summed E-state index contributed by atoms with van der Waals surface area (Å²) in [6, 6.07) is 8.46. The topological polar surface area (TPSA) is 55.8 Å². The Morgan fingerprint density at radius 2 is 1.97 bits per heavy atom. The van der Waals surface area contributed by atoms with Crippen molar-refractivity contribution < 1.29 is 19.1 Å². The number of hydrogen-bond acceptors (Lipinski definition) is 5. The number of rotatable bonds is 6. The van der Waals surface area contributed by atoms with Gasteiger partial charge in [0.2, 0.25) is 0 Å². The van der Waals surface area contributed by atoms with E-state index in [9.17, 15) is 9.59 Å². The van der Waals surface area contributed by atoms with Gasteiger partial charge in [-0.05, 0) is 42.1 Å². The van der Waals surface area contributed by atoms with Crippen LogP contribution in [0.2, 0.25) is 10.0 Å². The fourth-order valence-electron chi connectivity index (χ4n) is 2.73. The molecule has 0 radical (unpaired) electrons. The summed E-state index contributed by atoms with van der Waals surface area (Å²) in [5.74, 6) is 2.75. The highest BCUT2D eigenvalue weighted by molar-refractivity contribution is 9.10. The molecule has 0 unspecified atom stereocenters. The van der Waals surface area contributed by atoms with Crippen molar-refractivity contribution in [2.75, 3.05) is 13.7 Å². The molecule has 1 aliphatic rings. The SMILES string of the molecule is C#CCOc1c(/C=C2/SC(=O)N(Cc3c(Cl)cccc3Cl)C2=O)cc(Br)cc1OC. The van der Waals surface area contributed by atoms with Gasteiger partial charge in [0.25, 0.3) is 11.1 Å². The summed E-state index contributed by atoms with van der Waals surface area (Å²) in [4.78, 5) is 26.8. The van der Waals surface area contributed by atoms with Gasteiger partial charge in [0.15, 0.2) is 11.5 Å². The molecule has 30 heavy (non-hydrogen) atoms. The van der Waals surface area contributed by atoms with Crippen LogP contribution in [0.3, 0.4) is 0 Å². The fraction of sp³-hybridized carbons (Fsp3) is 0.143. The average molecular weight is 527 g/mol. The largest absolute Gasteiger partial charge is 0.493 e. The molecule has 0 bridgehead atoms. The first-order valence-electron chi connectivity index (χ1n) is 8.47. The molecule has 0 atom stereocenters. The van der Waals surface area contributed by atoms with Crippen molar-refractivity contribution >= 4 is 68.1 Å². The second kappa shape index (κ2) is 9.80. The molecule has 1 aliphatic heterocycles. The van der Waals surface area contributed by atoms with E-state index in [1.54, 1.807) is 36.4 Å². The molecule has 3 rings (SSSR count). The second-order valence-electron chi connectivity index (χ2n) is 5.99. The third-order valence-corrected chi connectivity index (χ3v) is 6.18. The highest BCUT2D eigenvalue weighted by atomic mass is 79.9. The summed E-state index contributed by atoms with van der Waals surface area (Å²) >= 11 is 16.6. The molecule has 0 saturated carbocycles. The van der Waals surface area contributed by atoms with E-state index < -0.39 is 11.1 Å². The third-order valence-electron chi connectivity index (χ3n) is 4.11. The molecule has 0 aliphatic carbocycles. The first-order chi connectivity index (χ1) is 14.3. The van der Waals surface area contributed by atoms with Crippen molar-refractivity contribution in [2.45, 2.75) is 6.54 Å². The zero-order valence-electron chi connectivity index (χ0n) is 15.6. The summed E-state index contributed by atoms with van der Waals surface area (Å²) in [7, 11) is 1.50. The van der Waals surface area contributed by atoms with Gasteiger partial charge in [0.1, 0.15) is 6.61 Å². The van der Waals surface area contributed by atoms with Gasteiger partial charge in [-0.15, -0.1) is 6.42 Å². The number of thioether (sulfide) groups is 1. The molecule has 2 amide bonds. The molecule has 1 saturated heterocycles. The number of ether oxygens (including phenoxy) is 2.